The van der Waals surface area contributed by atoms with Gasteiger partial charge in [0.05, 0.1) is 0 Å². The Morgan fingerprint density at radius 2 is 1.38 bits per heavy atom. The maximum atomic E-state index is 2.87. The van der Waals surface area contributed by atoms with Crippen molar-refractivity contribution >= 4 is 0 Å². The number of hydrogen-bond acceptors (Lipinski definition) is 0. The molecule has 1 aliphatic carbocycles. The third-order valence-corrected chi connectivity index (χ3v) is 0.986. The molecule has 0 aromatic carbocycles. The zero-order valence-corrected chi connectivity index (χ0v) is 4.72. The lowest BCUT2D eigenvalue weighted by Crippen LogP contribution is -1.66. The lowest BCUT2D eigenvalue weighted by molar-refractivity contribution is 1.05. The topological polar surface area (TPSA) is 0 Å². The lowest BCUT2D eigenvalue weighted by atomic mass is 10.2. The molecule has 0 unspecified atom stereocenters. The van der Waals surface area contributed by atoms with E-state index in [1.54, 1.807) is 0 Å². The van der Waals surface area contributed by atoms with Crippen molar-refractivity contribution in [2.45, 2.75) is 12.8 Å². The molecule has 0 amide bonds. The zero-order valence-electron chi connectivity index (χ0n) is 4.72. The van der Waals surface area contributed by atoms with E-state index < -0.39 is 0 Å². The predicted octanol–water partition coefficient (Wildman–Crippen LogP) is 1.90. The predicted molar refractivity (Wildman–Crippen MR) is 35.3 cm³/mol. The summed E-state index contributed by atoms with van der Waals surface area (Å²) >= 11 is 0. The Kier molecular flexibility index (Phi) is 2.01. The molecule has 1 rings (SSSR count). The zero-order chi connectivity index (χ0) is 5.66. The van der Waals surface area contributed by atoms with Crippen LogP contribution in [-0.4, -0.2) is 0 Å². The molecule has 0 aromatic heterocycles. The quantitative estimate of drug-likeness (QED) is 0.412. The first-order valence-corrected chi connectivity index (χ1v) is 2.81. The number of rotatable bonds is 0. The van der Waals surface area contributed by atoms with Gasteiger partial charge in [-0.2, -0.15) is 0 Å². The third-order valence-electron chi connectivity index (χ3n) is 0.986. The van der Waals surface area contributed by atoms with E-state index in [2.05, 4.69) is 24.0 Å². The summed E-state index contributed by atoms with van der Waals surface area (Å²) in [5.74, 6) is 5.74. The highest BCUT2D eigenvalue weighted by Gasteiger charge is 1.75. The second-order valence-electron chi connectivity index (χ2n) is 1.67. The summed E-state index contributed by atoms with van der Waals surface area (Å²) in [5.41, 5.74) is 0. The van der Waals surface area contributed by atoms with Crippen LogP contribution in [-0.2, 0) is 0 Å². The molecule has 0 nitrogen and oxygen atoms in total. The van der Waals surface area contributed by atoms with Gasteiger partial charge >= 0.3 is 0 Å². The molecule has 1 aliphatic rings. The van der Waals surface area contributed by atoms with Gasteiger partial charge in [0, 0.05) is 0 Å². The number of hydrogen-bond donors (Lipinski definition) is 0. The van der Waals surface area contributed by atoms with Crippen LogP contribution in [0.1, 0.15) is 12.8 Å². The Bertz CT molecular complexity index is 144. The molecule has 0 atom stereocenters. The number of allylic oxidation sites excluding steroid dienone is 4. The Balaban J connectivity index is 2.60. The normalized spacial score (nSPS) is 16.0. The van der Waals surface area contributed by atoms with Crippen molar-refractivity contribution in [2.24, 2.45) is 0 Å². The maximum Gasteiger partial charge on any atom is -0.0155 e. The van der Waals surface area contributed by atoms with Crippen LogP contribution >= 0.6 is 0 Å². The van der Waals surface area contributed by atoms with E-state index in [0.29, 0.717) is 0 Å². The largest absolute Gasteiger partial charge is 0.0758 e. The van der Waals surface area contributed by atoms with Crippen LogP contribution in [0, 0.1) is 11.8 Å². The minimum absolute atomic E-state index is 1.13. The molecule has 0 spiro atoms. The first-order valence-electron chi connectivity index (χ1n) is 2.81. The van der Waals surface area contributed by atoms with Crippen LogP contribution in [0.15, 0.2) is 24.3 Å². The van der Waals surface area contributed by atoms with E-state index in [-0.39, 0.29) is 0 Å². The standard InChI is InChI=1S/C8H8/c1-2-4-6-8-7-5-3-1/h1-2,7-8H,3,5H2. The Hall–Kier alpha value is -0.960. The van der Waals surface area contributed by atoms with Crippen LogP contribution < -0.4 is 0 Å². The van der Waals surface area contributed by atoms with Crippen LogP contribution in [0.25, 0.3) is 0 Å². The second-order valence-corrected chi connectivity index (χ2v) is 1.67. The van der Waals surface area contributed by atoms with Crippen molar-refractivity contribution in [1.29, 1.82) is 0 Å². The smallest absolute Gasteiger partial charge is 0.0155 e. The van der Waals surface area contributed by atoms with Gasteiger partial charge in [-0.1, -0.05) is 24.0 Å². The van der Waals surface area contributed by atoms with Crippen LogP contribution in [0.3, 0.4) is 0 Å². The summed E-state index contributed by atoms with van der Waals surface area (Å²) in [6.07, 6.45) is 10.3. The summed E-state index contributed by atoms with van der Waals surface area (Å²) in [6, 6.07) is 0. The molecular formula is C8H8. The van der Waals surface area contributed by atoms with E-state index in [1.165, 1.54) is 0 Å². The summed E-state index contributed by atoms with van der Waals surface area (Å²) in [6.45, 7) is 0. The van der Waals surface area contributed by atoms with Crippen molar-refractivity contribution in [3.05, 3.63) is 24.3 Å². The van der Waals surface area contributed by atoms with Gasteiger partial charge in [0.1, 0.15) is 0 Å². The van der Waals surface area contributed by atoms with Gasteiger partial charge < -0.3 is 0 Å². The van der Waals surface area contributed by atoms with Crippen LogP contribution in [0.2, 0.25) is 0 Å². The summed E-state index contributed by atoms with van der Waals surface area (Å²) in [7, 11) is 0. The van der Waals surface area contributed by atoms with Gasteiger partial charge in [-0.05, 0) is 25.0 Å². The Morgan fingerprint density at radius 3 is 1.88 bits per heavy atom. The van der Waals surface area contributed by atoms with Crippen molar-refractivity contribution in [1.82, 2.24) is 0 Å². The second kappa shape index (κ2) is 3.10. The van der Waals surface area contributed by atoms with Crippen molar-refractivity contribution in [3.63, 3.8) is 0 Å². The molecule has 0 heteroatoms. The average Bonchev–Trinajstić information content (AvgIpc) is 1.62. The Labute approximate surface area is 49.9 Å². The highest BCUT2D eigenvalue weighted by atomic mass is 13.8. The molecule has 40 valence electrons. The lowest BCUT2D eigenvalue weighted by Gasteiger charge is -1.83. The minimum atomic E-state index is 1.13. The van der Waals surface area contributed by atoms with Gasteiger partial charge in [0.25, 0.3) is 0 Å². The fourth-order valence-corrected chi connectivity index (χ4v) is 0.573. The van der Waals surface area contributed by atoms with Crippen LogP contribution in [0.4, 0.5) is 0 Å². The Morgan fingerprint density at radius 1 is 0.875 bits per heavy atom. The molecule has 0 saturated carbocycles. The maximum absolute atomic E-state index is 2.87. The molecule has 8 heavy (non-hydrogen) atoms. The van der Waals surface area contributed by atoms with Crippen molar-refractivity contribution in [2.75, 3.05) is 0 Å². The van der Waals surface area contributed by atoms with Gasteiger partial charge in [-0.15, -0.1) is 0 Å². The molecule has 0 fully saturated rings. The van der Waals surface area contributed by atoms with Crippen molar-refractivity contribution < 1.29 is 0 Å². The van der Waals surface area contributed by atoms with E-state index in [4.69, 9.17) is 0 Å². The minimum Gasteiger partial charge on any atom is -0.0758 e. The molecule has 0 aromatic rings. The first kappa shape index (κ1) is 5.18. The van der Waals surface area contributed by atoms with E-state index in [1.807, 2.05) is 12.2 Å². The monoisotopic (exact) mass is 104 g/mol. The molecule has 0 aliphatic heterocycles. The summed E-state index contributed by atoms with van der Waals surface area (Å²) < 4.78 is 0. The van der Waals surface area contributed by atoms with Crippen molar-refractivity contribution in [3.8, 4) is 11.8 Å². The first-order chi connectivity index (χ1) is 4.00. The van der Waals surface area contributed by atoms with Gasteiger partial charge in [0.15, 0.2) is 0 Å². The molecule has 0 bridgehead atoms. The van der Waals surface area contributed by atoms with E-state index >= 15 is 0 Å². The molecule has 0 radical (unpaired) electrons. The van der Waals surface area contributed by atoms with Gasteiger partial charge in [-0.25, -0.2) is 0 Å². The van der Waals surface area contributed by atoms with Crippen LogP contribution in [0.5, 0.6) is 0 Å². The molecule has 0 saturated heterocycles. The highest BCUT2D eigenvalue weighted by Crippen LogP contribution is 1.93. The SMILES string of the molecule is C1#CC=CCCC=C1. The molecular weight excluding hydrogens is 96.1 g/mol. The van der Waals surface area contributed by atoms with E-state index in [9.17, 15) is 0 Å². The fraction of sp³-hybridized carbons (Fsp3) is 0.250. The van der Waals surface area contributed by atoms with E-state index in [0.717, 1.165) is 12.8 Å². The molecule has 0 heterocycles. The van der Waals surface area contributed by atoms with Gasteiger partial charge in [-0.3, -0.25) is 0 Å². The summed E-state index contributed by atoms with van der Waals surface area (Å²) in [4.78, 5) is 0. The third kappa shape index (κ3) is 1.66. The fourth-order valence-electron chi connectivity index (χ4n) is 0.573. The van der Waals surface area contributed by atoms with Gasteiger partial charge in [0.2, 0.25) is 0 Å². The molecule has 0 N–H and O–H groups in total. The average molecular weight is 104 g/mol. The highest BCUT2D eigenvalue weighted by molar-refractivity contribution is 5.24. The summed E-state index contributed by atoms with van der Waals surface area (Å²) in [5, 5.41) is 0.